The molecule has 1 heterocycles. The first-order chi connectivity index (χ1) is 9.67. The molecule has 1 amide bonds. The molecule has 1 atom stereocenters. The molecule has 1 aromatic carbocycles. The minimum absolute atomic E-state index is 0.0203. The molecule has 0 aliphatic carbocycles. The number of hydrogen-bond acceptors (Lipinski definition) is 3. The summed E-state index contributed by atoms with van der Waals surface area (Å²) in [4.78, 5) is 14.1. The Morgan fingerprint density at radius 2 is 2.00 bits per heavy atom. The minimum atomic E-state index is -0.475. The molecular weight excluding hydrogens is 264 g/mol. The van der Waals surface area contributed by atoms with Crippen molar-refractivity contribution in [2.45, 2.75) is 59.2 Å². The fourth-order valence-electron chi connectivity index (χ4n) is 2.93. The summed E-state index contributed by atoms with van der Waals surface area (Å²) in [5, 5.41) is 0. The zero-order valence-electron chi connectivity index (χ0n) is 13.7. The van der Waals surface area contributed by atoms with Gasteiger partial charge in [0.05, 0.1) is 0 Å². The van der Waals surface area contributed by atoms with Crippen LogP contribution in [0, 0.1) is 13.8 Å². The topological polar surface area (TPSA) is 55.6 Å². The van der Waals surface area contributed by atoms with Gasteiger partial charge in [-0.05, 0) is 57.7 Å². The van der Waals surface area contributed by atoms with E-state index in [1.807, 2.05) is 20.8 Å². The number of nitrogens with zero attached hydrogens (tertiary/aromatic N) is 1. The van der Waals surface area contributed by atoms with E-state index in [2.05, 4.69) is 26.0 Å². The Morgan fingerprint density at radius 3 is 2.62 bits per heavy atom. The summed E-state index contributed by atoms with van der Waals surface area (Å²) in [6, 6.07) is 4.26. The molecule has 1 unspecified atom stereocenters. The van der Waals surface area contributed by atoms with Crippen LogP contribution in [0.25, 0.3) is 0 Å². The van der Waals surface area contributed by atoms with Crippen LogP contribution in [0.4, 0.5) is 4.79 Å². The van der Waals surface area contributed by atoms with Crippen molar-refractivity contribution < 1.29 is 9.53 Å². The molecule has 0 bridgehead atoms. The van der Waals surface area contributed by atoms with Crippen molar-refractivity contribution in [2.75, 3.05) is 6.54 Å². The fraction of sp³-hybridized carbons (Fsp3) is 0.588. The lowest BCUT2D eigenvalue weighted by atomic mass is 9.93. The number of ether oxygens (including phenoxy) is 1. The van der Waals surface area contributed by atoms with Crippen molar-refractivity contribution in [1.29, 1.82) is 0 Å². The smallest absolute Gasteiger partial charge is 0.410 e. The molecule has 4 nitrogen and oxygen atoms in total. The number of carbonyl (C=O) groups is 1. The molecule has 0 aromatic heterocycles. The summed E-state index contributed by atoms with van der Waals surface area (Å²) < 4.78 is 5.49. The Bertz CT molecular complexity index is 546. The maximum atomic E-state index is 12.3. The molecule has 2 rings (SSSR count). The molecule has 4 heteroatoms. The quantitative estimate of drug-likeness (QED) is 0.796. The molecule has 116 valence electrons. The maximum Gasteiger partial charge on any atom is 0.410 e. The summed E-state index contributed by atoms with van der Waals surface area (Å²) in [6.07, 6.45) is 0.498. The predicted octanol–water partition coefficient (Wildman–Crippen LogP) is 3.44. The van der Waals surface area contributed by atoms with Crippen LogP contribution in [-0.2, 0) is 11.3 Å². The molecule has 1 aliphatic rings. The van der Waals surface area contributed by atoms with E-state index in [9.17, 15) is 4.79 Å². The van der Waals surface area contributed by atoms with Gasteiger partial charge in [0.2, 0.25) is 0 Å². The van der Waals surface area contributed by atoms with Crippen LogP contribution >= 0.6 is 0 Å². The normalized spacial score (nSPS) is 19.0. The maximum absolute atomic E-state index is 12.3. The van der Waals surface area contributed by atoms with Gasteiger partial charge in [0.25, 0.3) is 0 Å². The van der Waals surface area contributed by atoms with Crippen molar-refractivity contribution in [1.82, 2.24) is 4.90 Å². The van der Waals surface area contributed by atoms with Gasteiger partial charge in [-0.25, -0.2) is 4.79 Å². The summed E-state index contributed by atoms with van der Waals surface area (Å²) in [5.41, 5.74) is 10.6. The van der Waals surface area contributed by atoms with Gasteiger partial charge >= 0.3 is 6.09 Å². The number of benzene rings is 1. The summed E-state index contributed by atoms with van der Waals surface area (Å²) in [6.45, 7) is 11.0. The number of rotatable bonds is 0. The third-order valence-electron chi connectivity index (χ3n) is 3.71. The number of carbonyl (C=O) groups excluding carboxylic acids is 1. The Balaban J connectivity index is 2.29. The molecule has 0 spiro atoms. The van der Waals surface area contributed by atoms with E-state index in [0.29, 0.717) is 13.1 Å². The van der Waals surface area contributed by atoms with Crippen molar-refractivity contribution in [3.63, 3.8) is 0 Å². The van der Waals surface area contributed by atoms with E-state index in [-0.39, 0.29) is 12.1 Å². The predicted molar refractivity (Wildman–Crippen MR) is 84.1 cm³/mol. The monoisotopic (exact) mass is 290 g/mol. The standard InChI is InChI=1S/C17H26N2O2/c1-11-8-12(2)15-13(9-11)10-19(7-6-14(15)18)16(20)21-17(3,4)5/h8-9,14H,6-7,10,18H2,1-5H3. The van der Waals surface area contributed by atoms with Gasteiger partial charge in [0.15, 0.2) is 0 Å². The SMILES string of the molecule is Cc1cc(C)c2c(c1)CN(C(=O)OC(C)(C)C)CCC2N. The van der Waals surface area contributed by atoms with Crippen LogP contribution in [0.3, 0.4) is 0 Å². The van der Waals surface area contributed by atoms with Crippen LogP contribution in [0.15, 0.2) is 12.1 Å². The number of amides is 1. The highest BCUT2D eigenvalue weighted by Gasteiger charge is 2.27. The van der Waals surface area contributed by atoms with Crippen LogP contribution in [0.5, 0.6) is 0 Å². The molecule has 1 aliphatic heterocycles. The second kappa shape index (κ2) is 5.68. The number of hydrogen-bond donors (Lipinski definition) is 1. The lowest BCUT2D eigenvalue weighted by Crippen LogP contribution is -2.36. The Kier molecular flexibility index (Phi) is 4.28. The minimum Gasteiger partial charge on any atom is -0.444 e. The van der Waals surface area contributed by atoms with Crippen molar-refractivity contribution in [2.24, 2.45) is 5.73 Å². The summed E-state index contributed by atoms with van der Waals surface area (Å²) in [7, 11) is 0. The van der Waals surface area contributed by atoms with E-state index < -0.39 is 5.60 Å². The Morgan fingerprint density at radius 1 is 1.33 bits per heavy atom. The lowest BCUT2D eigenvalue weighted by Gasteiger charge is -2.26. The fourth-order valence-corrected chi connectivity index (χ4v) is 2.93. The van der Waals surface area contributed by atoms with Crippen molar-refractivity contribution in [3.8, 4) is 0 Å². The van der Waals surface area contributed by atoms with Gasteiger partial charge in [-0.15, -0.1) is 0 Å². The molecule has 0 saturated heterocycles. The molecule has 1 aromatic rings. The number of aryl methyl sites for hydroxylation is 2. The number of fused-ring (bicyclic) bond motifs is 1. The van der Waals surface area contributed by atoms with E-state index >= 15 is 0 Å². The average molecular weight is 290 g/mol. The van der Waals surface area contributed by atoms with E-state index in [1.165, 1.54) is 16.7 Å². The van der Waals surface area contributed by atoms with Gasteiger partial charge in [-0.2, -0.15) is 0 Å². The van der Waals surface area contributed by atoms with E-state index in [1.54, 1.807) is 4.90 Å². The Labute approximate surface area is 127 Å². The lowest BCUT2D eigenvalue weighted by molar-refractivity contribution is 0.0235. The summed E-state index contributed by atoms with van der Waals surface area (Å²) in [5.74, 6) is 0. The van der Waals surface area contributed by atoms with Crippen LogP contribution in [0.2, 0.25) is 0 Å². The third kappa shape index (κ3) is 3.76. The van der Waals surface area contributed by atoms with Gasteiger partial charge in [-0.3, -0.25) is 0 Å². The van der Waals surface area contributed by atoms with Gasteiger partial charge in [-0.1, -0.05) is 17.7 Å². The highest BCUT2D eigenvalue weighted by Crippen LogP contribution is 2.29. The van der Waals surface area contributed by atoms with Gasteiger partial charge in [0, 0.05) is 19.1 Å². The Hall–Kier alpha value is -1.55. The van der Waals surface area contributed by atoms with Crippen LogP contribution in [0.1, 0.15) is 55.5 Å². The highest BCUT2D eigenvalue weighted by molar-refractivity contribution is 5.68. The molecule has 2 N–H and O–H groups in total. The van der Waals surface area contributed by atoms with Crippen LogP contribution < -0.4 is 5.73 Å². The third-order valence-corrected chi connectivity index (χ3v) is 3.71. The first-order valence-corrected chi connectivity index (χ1v) is 7.51. The second-order valence-electron chi connectivity index (χ2n) is 6.95. The van der Waals surface area contributed by atoms with Gasteiger partial charge in [0.1, 0.15) is 5.60 Å². The van der Waals surface area contributed by atoms with E-state index in [4.69, 9.17) is 10.5 Å². The first kappa shape index (κ1) is 15.8. The van der Waals surface area contributed by atoms with E-state index in [0.717, 1.165) is 12.0 Å². The second-order valence-corrected chi connectivity index (χ2v) is 6.95. The largest absolute Gasteiger partial charge is 0.444 e. The zero-order valence-corrected chi connectivity index (χ0v) is 13.7. The first-order valence-electron chi connectivity index (χ1n) is 7.51. The number of nitrogens with two attached hydrogens (primary N) is 1. The highest BCUT2D eigenvalue weighted by atomic mass is 16.6. The van der Waals surface area contributed by atoms with Crippen molar-refractivity contribution in [3.05, 3.63) is 34.4 Å². The molecule has 0 fully saturated rings. The average Bonchev–Trinajstić information content (AvgIpc) is 2.46. The van der Waals surface area contributed by atoms with Gasteiger partial charge < -0.3 is 15.4 Å². The van der Waals surface area contributed by atoms with Crippen molar-refractivity contribution >= 4 is 6.09 Å². The molecular formula is C17H26N2O2. The molecule has 0 saturated carbocycles. The summed E-state index contributed by atoms with van der Waals surface area (Å²) >= 11 is 0. The molecule has 0 radical (unpaired) electrons. The molecule has 21 heavy (non-hydrogen) atoms. The van der Waals surface area contributed by atoms with Crippen LogP contribution in [-0.4, -0.2) is 23.1 Å². The zero-order chi connectivity index (χ0) is 15.8.